The number of carboxylic acids is 3. The van der Waals surface area contributed by atoms with Gasteiger partial charge < -0.3 is 47.2 Å². The Hall–Kier alpha value is -3.30. The molecule has 0 bridgehead atoms. The first-order valence-electron chi connectivity index (χ1n) is 8.92. The van der Waals surface area contributed by atoms with Crippen LogP contribution in [0.3, 0.4) is 0 Å². The third kappa shape index (κ3) is 10.3. The van der Waals surface area contributed by atoms with Crippen LogP contribution in [0.15, 0.2) is 0 Å². The quantitative estimate of drug-likeness (QED) is 0.121. The van der Waals surface area contributed by atoms with Crippen LogP contribution >= 0.6 is 0 Å². The Morgan fingerprint density at radius 3 is 1.81 bits per heavy atom. The van der Waals surface area contributed by atoms with Crippen molar-refractivity contribution in [3.63, 3.8) is 0 Å². The Labute approximate surface area is 175 Å². The van der Waals surface area contributed by atoms with Crippen molar-refractivity contribution in [2.24, 2.45) is 5.73 Å². The van der Waals surface area contributed by atoms with Crippen molar-refractivity contribution in [2.75, 3.05) is 6.61 Å². The van der Waals surface area contributed by atoms with E-state index in [2.05, 4.69) is 10.6 Å². The molecule has 0 heterocycles. The summed E-state index contributed by atoms with van der Waals surface area (Å²) in [6.07, 6.45) is -3.62. The van der Waals surface area contributed by atoms with E-state index in [1.165, 1.54) is 0 Å². The number of nitrogens with one attached hydrogen (secondary N) is 3. The lowest BCUT2D eigenvalue weighted by Gasteiger charge is -2.26. The molecule has 10 N–H and O–H groups in total. The topological polar surface area (TPSA) is 266 Å². The Bertz CT molecular complexity index is 697. The molecule has 0 rings (SSSR count). The minimum atomic E-state index is -1.86. The lowest BCUT2D eigenvalue weighted by atomic mass is 10.1. The van der Waals surface area contributed by atoms with Gasteiger partial charge in [-0.25, -0.2) is 4.79 Å². The van der Waals surface area contributed by atoms with Gasteiger partial charge in [-0.05, 0) is 13.3 Å². The van der Waals surface area contributed by atoms with Crippen LogP contribution in [0.1, 0.15) is 26.2 Å². The fraction of sp³-hybridized carbons (Fsp3) is 0.625. The number of hydrogen-bond acceptors (Lipinski definition) is 9. The Morgan fingerprint density at radius 1 is 0.839 bits per heavy atom. The van der Waals surface area contributed by atoms with Crippen LogP contribution in [-0.4, -0.2) is 98.0 Å². The number of hydrogen-bond donors (Lipinski definition) is 9. The van der Waals surface area contributed by atoms with Crippen LogP contribution in [0.2, 0.25) is 0 Å². The predicted molar refractivity (Wildman–Crippen MR) is 99.3 cm³/mol. The molecule has 0 aliphatic rings. The van der Waals surface area contributed by atoms with E-state index in [1.807, 2.05) is 5.32 Å². The highest BCUT2D eigenvalue weighted by Crippen LogP contribution is 2.04. The van der Waals surface area contributed by atoms with Gasteiger partial charge >= 0.3 is 17.9 Å². The first-order valence-corrected chi connectivity index (χ1v) is 8.92. The third-order valence-electron chi connectivity index (χ3n) is 3.87. The standard InChI is InChI=1S/C16H26N4O11/c1-6(22)12(20-13(27)7(17)5-21)15(29)18-8(2-3-10(23)24)14(28)19-9(16(30)31)4-11(25)26/h6-9,12,21-22H,2-5,17H2,1H3,(H,18,29)(H,19,28)(H,20,27)(H,23,24)(H,25,26)(H,30,31). The molecule has 0 aliphatic carbocycles. The zero-order valence-corrected chi connectivity index (χ0v) is 16.5. The first-order chi connectivity index (χ1) is 14.3. The molecule has 15 heteroatoms. The van der Waals surface area contributed by atoms with Crippen LogP contribution in [0.5, 0.6) is 0 Å². The Kier molecular flexibility index (Phi) is 11.7. The molecule has 0 aromatic rings. The molecule has 0 aromatic heterocycles. The van der Waals surface area contributed by atoms with Gasteiger partial charge in [0.15, 0.2) is 0 Å². The first kappa shape index (κ1) is 27.7. The molecule has 0 radical (unpaired) electrons. The van der Waals surface area contributed by atoms with Crippen LogP contribution in [0.25, 0.3) is 0 Å². The minimum Gasteiger partial charge on any atom is -0.481 e. The number of aliphatic carboxylic acids is 3. The van der Waals surface area contributed by atoms with Crippen LogP contribution < -0.4 is 21.7 Å². The van der Waals surface area contributed by atoms with E-state index >= 15 is 0 Å². The van der Waals surface area contributed by atoms with E-state index in [9.17, 15) is 33.9 Å². The molecule has 0 spiro atoms. The van der Waals surface area contributed by atoms with Crippen molar-refractivity contribution < 1.29 is 54.3 Å². The van der Waals surface area contributed by atoms with Crippen molar-refractivity contribution >= 4 is 35.6 Å². The number of nitrogens with two attached hydrogens (primary N) is 1. The van der Waals surface area contributed by atoms with E-state index in [4.69, 9.17) is 26.2 Å². The van der Waals surface area contributed by atoms with Gasteiger partial charge in [0.2, 0.25) is 17.7 Å². The van der Waals surface area contributed by atoms with Gasteiger partial charge in [0.25, 0.3) is 0 Å². The maximum Gasteiger partial charge on any atom is 0.326 e. The third-order valence-corrected chi connectivity index (χ3v) is 3.87. The number of carbonyl (C=O) groups excluding carboxylic acids is 3. The highest BCUT2D eigenvalue weighted by Gasteiger charge is 2.33. The average Bonchev–Trinajstić information content (AvgIpc) is 2.66. The fourth-order valence-electron chi connectivity index (χ4n) is 2.19. The number of carboxylic acid groups (broad SMARTS) is 3. The number of carbonyl (C=O) groups is 6. The van der Waals surface area contributed by atoms with Gasteiger partial charge in [0.05, 0.1) is 19.1 Å². The van der Waals surface area contributed by atoms with Gasteiger partial charge in [-0.1, -0.05) is 0 Å². The van der Waals surface area contributed by atoms with Crippen LogP contribution in [0, 0.1) is 0 Å². The lowest BCUT2D eigenvalue weighted by molar-refractivity contribution is -0.147. The number of amides is 3. The summed E-state index contributed by atoms with van der Waals surface area (Å²) in [7, 11) is 0. The van der Waals surface area contributed by atoms with Crippen LogP contribution in [-0.2, 0) is 28.8 Å². The molecule has 5 atom stereocenters. The van der Waals surface area contributed by atoms with Crippen molar-refractivity contribution in [1.29, 1.82) is 0 Å². The van der Waals surface area contributed by atoms with Crippen molar-refractivity contribution in [3.8, 4) is 0 Å². The average molecular weight is 450 g/mol. The summed E-state index contributed by atoms with van der Waals surface area (Å²) in [4.78, 5) is 69.3. The van der Waals surface area contributed by atoms with Gasteiger partial charge in [0, 0.05) is 6.42 Å². The summed E-state index contributed by atoms with van der Waals surface area (Å²) in [5, 5.41) is 51.2. The molecule has 176 valence electrons. The summed E-state index contributed by atoms with van der Waals surface area (Å²) in [6.45, 7) is 0.360. The summed E-state index contributed by atoms with van der Waals surface area (Å²) >= 11 is 0. The molecule has 0 saturated carbocycles. The molecular formula is C16H26N4O11. The largest absolute Gasteiger partial charge is 0.481 e. The molecule has 5 unspecified atom stereocenters. The lowest BCUT2D eigenvalue weighted by Crippen LogP contribution is -2.60. The number of aliphatic hydroxyl groups excluding tert-OH is 2. The molecule has 0 fully saturated rings. The minimum absolute atomic E-state index is 0.511. The van der Waals surface area contributed by atoms with Gasteiger partial charge in [0.1, 0.15) is 24.2 Å². The monoisotopic (exact) mass is 450 g/mol. The SMILES string of the molecule is CC(O)C(NC(=O)C(N)CO)C(=O)NC(CCC(=O)O)C(=O)NC(CC(=O)O)C(=O)O. The summed E-state index contributed by atoms with van der Waals surface area (Å²) in [5.74, 6) is -7.87. The second-order valence-corrected chi connectivity index (χ2v) is 6.51. The number of aliphatic hydroxyl groups is 2. The maximum absolute atomic E-state index is 12.5. The van der Waals surface area contributed by atoms with E-state index in [0.717, 1.165) is 6.92 Å². The zero-order chi connectivity index (χ0) is 24.3. The smallest absolute Gasteiger partial charge is 0.326 e. The van der Waals surface area contributed by atoms with Gasteiger partial charge in [-0.3, -0.25) is 24.0 Å². The molecule has 0 saturated heterocycles. The van der Waals surface area contributed by atoms with Crippen molar-refractivity contribution in [1.82, 2.24) is 16.0 Å². The van der Waals surface area contributed by atoms with E-state index in [0.29, 0.717) is 0 Å². The summed E-state index contributed by atoms with van der Waals surface area (Å²) in [5.41, 5.74) is 5.31. The predicted octanol–water partition coefficient (Wildman–Crippen LogP) is -4.43. The molecule has 3 amide bonds. The maximum atomic E-state index is 12.5. The van der Waals surface area contributed by atoms with Crippen LogP contribution in [0.4, 0.5) is 0 Å². The summed E-state index contributed by atoms with van der Waals surface area (Å²) in [6, 6.07) is -6.56. The summed E-state index contributed by atoms with van der Waals surface area (Å²) < 4.78 is 0. The second kappa shape index (κ2) is 13.1. The molecule has 0 aliphatic heterocycles. The molecule has 15 nitrogen and oxygen atoms in total. The highest BCUT2D eigenvalue weighted by molar-refractivity contribution is 5.95. The zero-order valence-electron chi connectivity index (χ0n) is 16.5. The van der Waals surface area contributed by atoms with Gasteiger partial charge in [-0.2, -0.15) is 0 Å². The van der Waals surface area contributed by atoms with Crippen molar-refractivity contribution in [2.45, 2.75) is 56.5 Å². The molecule has 31 heavy (non-hydrogen) atoms. The van der Waals surface area contributed by atoms with E-state index in [-0.39, 0.29) is 0 Å². The van der Waals surface area contributed by atoms with Crippen molar-refractivity contribution in [3.05, 3.63) is 0 Å². The molecule has 0 aromatic carbocycles. The Morgan fingerprint density at radius 2 is 1.39 bits per heavy atom. The van der Waals surface area contributed by atoms with E-state index < -0.39 is 91.8 Å². The fourth-order valence-corrected chi connectivity index (χ4v) is 2.19. The number of rotatable bonds is 14. The van der Waals surface area contributed by atoms with Gasteiger partial charge in [-0.15, -0.1) is 0 Å². The molecular weight excluding hydrogens is 424 g/mol. The second-order valence-electron chi connectivity index (χ2n) is 6.51. The van der Waals surface area contributed by atoms with E-state index in [1.54, 1.807) is 0 Å². The highest BCUT2D eigenvalue weighted by atomic mass is 16.4. The Balaban J connectivity index is 5.50. The normalized spacial score (nSPS) is 15.5.